The Labute approximate surface area is 115 Å². The molecule has 0 fully saturated rings. The molecule has 0 bridgehead atoms. The van der Waals surface area contributed by atoms with Gasteiger partial charge in [-0.1, -0.05) is 32.4 Å². The molecule has 1 N–H and O–H groups in total. The molecule has 0 aliphatic heterocycles. The predicted octanol–water partition coefficient (Wildman–Crippen LogP) is 3.53. The quantitative estimate of drug-likeness (QED) is 0.868. The van der Waals surface area contributed by atoms with Gasteiger partial charge in [0.05, 0.1) is 10.7 Å². The molecule has 0 aliphatic carbocycles. The fourth-order valence-electron chi connectivity index (χ4n) is 1.65. The lowest BCUT2D eigenvalue weighted by Gasteiger charge is -2.18. The highest BCUT2D eigenvalue weighted by Gasteiger charge is 2.18. The molecule has 2 aromatic rings. The topological polar surface area (TPSA) is 45.8 Å². The molecule has 100 valence electrons. The van der Waals surface area contributed by atoms with E-state index in [1.54, 1.807) is 0 Å². The minimum atomic E-state index is -0.428. The number of rotatable bonds is 1. The summed E-state index contributed by atoms with van der Waals surface area (Å²) in [4.78, 5) is 18.7. The maximum absolute atomic E-state index is 13.0. The Morgan fingerprint density at radius 3 is 2.53 bits per heavy atom. The van der Waals surface area contributed by atoms with Crippen molar-refractivity contribution in [3.05, 3.63) is 51.2 Å². The number of H-pyrrole nitrogens is 1. The molecule has 1 heterocycles. The average molecular weight is 281 g/mol. The van der Waals surface area contributed by atoms with Gasteiger partial charge in [0.15, 0.2) is 0 Å². The summed E-state index contributed by atoms with van der Waals surface area (Å²) in [6.07, 6.45) is 0. The van der Waals surface area contributed by atoms with Crippen molar-refractivity contribution in [1.82, 2.24) is 9.97 Å². The number of halogens is 2. The number of benzene rings is 1. The van der Waals surface area contributed by atoms with E-state index in [1.165, 1.54) is 24.3 Å². The number of hydrogen-bond donors (Lipinski definition) is 1. The zero-order chi connectivity index (χ0) is 14.2. The highest BCUT2D eigenvalue weighted by molar-refractivity contribution is 6.33. The summed E-state index contributed by atoms with van der Waals surface area (Å²) in [5, 5.41) is 0.217. The molecule has 3 nitrogen and oxygen atoms in total. The molecule has 0 radical (unpaired) electrons. The van der Waals surface area contributed by atoms with Crippen LogP contribution in [-0.4, -0.2) is 9.97 Å². The van der Waals surface area contributed by atoms with Crippen molar-refractivity contribution in [2.24, 2.45) is 0 Å². The number of nitrogens with zero attached hydrogens (tertiary/aromatic N) is 1. The highest BCUT2D eigenvalue weighted by Crippen LogP contribution is 2.27. The van der Waals surface area contributed by atoms with Gasteiger partial charge < -0.3 is 4.98 Å². The van der Waals surface area contributed by atoms with Crippen molar-refractivity contribution in [1.29, 1.82) is 0 Å². The SMILES string of the molecule is CC(C)(C)c1cc(=O)[nH]c(-c2ccc(F)cc2Cl)n1. The van der Waals surface area contributed by atoms with Gasteiger partial charge >= 0.3 is 0 Å². The van der Waals surface area contributed by atoms with E-state index in [9.17, 15) is 9.18 Å². The van der Waals surface area contributed by atoms with E-state index in [4.69, 9.17) is 11.6 Å². The first kappa shape index (κ1) is 13.7. The van der Waals surface area contributed by atoms with Crippen LogP contribution in [0.2, 0.25) is 5.02 Å². The van der Waals surface area contributed by atoms with Crippen LogP contribution in [0.25, 0.3) is 11.4 Å². The van der Waals surface area contributed by atoms with Crippen LogP contribution in [0.1, 0.15) is 26.5 Å². The zero-order valence-electron chi connectivity index (χ0n) is 10.9. The third kappa shape index (κ3) is 3.01. The predicted molar refractivity (Wildman–Crippen MR) is 74.0 cm³/mol. The van der Waals surface area contributed by atoms with Crippen LogP contribution in [0, 0.1) is 5.82 Å². The summed E-state index contributed by atoms with van der Waals surface area (Å²) < 4.78 is 13.0. The summed E-state index contributed by atoms with van der Waals surface area (Å²) in [6, 6.07) is 5.44. The Kier molecular flexibility index (Phi) is 3.45. The van der Waals surface area contributed by atoms with Crippen LogP contribution in [0.4, 0.5) is 4.39 Å². The first-order valence-electron chi connectivity index (χ1n) is 5.84. The van der Waals surface area contributed by atoms with Crippen LogP contribution in [0.15, 0.2) is 29.1 Å². The Bertz CT molecular complexity index is 674. The lowest BCUT2D eigenvalue weighted by Crippen LogP contribution is -2.20. The van der Waals surface area contributed by atoms with Gasteiger partial charge in [0.2, 0.25) is 0 Å². The molecule has 0 spiro atoms. The van der Waals surface area contributed by atoms with E-state index in [0.29, 0.717) is 17.1 Å². The van der Waals surface area contributed by atoms with Gasteiger partial charge in [-0.2, -0.15) is 0 Å². The van der Waals surface area contributed by atoms with Gasteiger partial charge in [0.1, 0.15) is 11.6 Å². The molecule has 0 saturated heterocycles. The highest BCUT2D eigenvalue weighted by atomic mass is 35.5. The summed E-state index contributed by atoms with van der Waals surface area (Å²) in [7, 11) is 0. The first-order valence-corrected chi connectivity index (χ1v) is 6.22. The zero-order valence-corrected chi connectivity index (χ0v) is 11.7. The lowest BCUT2D eigenvalue weighted by molar-refractivity contribution is 0.566. The number of nitrogens with one attached hydrogen (secondary N) is 1. The summed E-state index contributed by atoms with van der Waals surface area (Å²) in [5.74, 6) is -0.0782. The van der Waals surface area contributed by atoms with E-state index in [-0.39, 0.29) is 16.0 Å². The van der Waals surface area contributed by atoms with Crippen molar-refractivity contribution >= 4 is 11.6 Å². The van der Waals surface area contributed by atoms with Crippen LogP contribution in [-0.2, 0) is 5.41 Å². The van der Waals surface area contributed by atoms with E-state index >= 15 is 0 Å². The average Bonchev–Trinajstić information content (AvgIpc) is 2.26. The second-order valence-electron chi connectivity index (χ2n) is 5.35. The van der Waals surface area contributed by atoms with Crippen molar-refractivity contribution in [3.8, 4) is 11.4 Å². The maximum atomic E-state index is 13.0. The van der Waals surface area contributed by atoms with Crippen molar-refractivity contribution in [2.75, 3.05) is 0 Å². The fourth-order valence-corrected chi connectivity index (χ4v) is 1.91. The Balaban J connectivity index is 2.63. The van der Waals surface area contributed by atoms with Crippen molar-refractivity contribution in [2.45, 2.75) is 26.2 Å². The van der Waals surface area contributed by atoms with Gasteiger partial charge in [-0.25, -0.2) is 9.37 Å². The van der Waals surface area contributed by atoms with Gasteiger partial charge in [0, 0.05) is 17.0 Å². The molecule has 0 aliphatic rings. The fraction of sp³-hybridized carbons (Fsp3) is 0.286. The van der Waals surface area contributed by atoms with E-state index < -0.39 is 5.82 Å². The summed E-state index contributed by atoms with van der Waals surface area (Å²) >= 11 is 5.98. The summed E-state index contributed by atoms with van der Waals surface area (Å²) in [5.41, 5.74) is 0.656. The lowest BCUT2D eigenvalue weighted by atomic mass is 9.92. The molecular formula is C14H14ClFN2O. The second kappa shape index (κ2) is 4.78. The molecule has 1 aromatic heterocycles. The Hall–Kier alpha value is -1.68. The molecule has 1 aromatic carbocycles. The number of aromatic amines is 1. The van der Waals surface area contributed by atoms with E-state index in [0.717, 1.165) is 0 Å². The minimum Gasteiger partial charge on any atom is -0.306 e. The molecule has 2 rings (SSSR count). The monoisotopic (exact) mass is 280 g/mol. The standard InChI is InChI=1S/C14H14ClFN2O/c1-14(2,3)11-7-12(19)18-13(17-11)9-5-4-8(16)6-10(9)15/h4-7H,1-3H3,(H,17,18,19). The van der Waals surface area contributed by atoms with Crippen molar-refractivity contribution < 1.29 is 4.39 Å². The molecule has 0 atom stereocenters. The molecule has 0 saturated carbocycles. The third-order valence-electron chi connectivity index (χ3n) is 2.70. The van der Waals surface area contributed by atoms with Crippen LogP contribution < -0.4 is 5.56 Å². The molecular weight excluding hydrogens is 267 g/mol. The molecule has 0 amide bonds. The Morgan fingerprint density at radius 1 is 1.26 bits per heavy atom. The van der Waals surface area contributed by atoms with E-state index in [1.807, 2.05) is 20.8 Å². The minimum absolute atomic E-state index is 0.217. The van der Waals surface area contributed by atoms with Crippen LogP contribution in [0.5, 0.6) is 0 Å². The third-order valence-corrected chi connectivity index (χ3v) is 3.01. The normalized spacial score (nSPS) is 11.6. The van der Waals surface area contributed by atoms with E-state index in [2.05, 4.69) is 9.97 Å². The number of aromatic nitrogens is 2. The Morgan fingerprint density at radius 2 is 1.95 bits per heavy atom. The van der Waals surface area contributed by atoms with Gasteiger partial charge in [-0.05, 0) is 18.2 Å². The maximum Gasteiger partial charge on any atom is 0.251 e. The largest absolute Gasteiger partial charge is 0.306 e. The van der Waals surface area contributed by atoms with Gasteiger partial charge in [-0.3, -0.25) is 4.79 Å². The first-order chi connectivity index (χ1) is 8.77. The number of hydrogen-bond acceptors (Lipinski definition) is 2. The molecule has 0 unspecified atom stereocenters. The van der Waals surface area contributed by atoms with Gasteiger partial charge in [0.25, 0.3) is 5.56 Å². The van der Waals surface area contributed by atoms with Gasteiger partial charge in [-0.15, -0.1) is 0 Å². The van der Waals surface area contributed by atoms with Crippen LogP contribution >= 0.6 is 11.6 Å². The summed E-state index contributed by atoms with van der Waals surface area (Å²) in [6.45, 7) is 5.89. The van der Waals surface area contributed by atoms with Crippen LogP contribution in [0.3, 0.4) is 0 Å². The van der Waals surface area contributed by atoms with Crippen molar-refractivity contribution in [3.63, 3.8) is 0 Å². The molecule has 5 heteroatoms. The second-order valence-corrected chi connectivity index (χ2v) is 5.76. The smallest absolute Gasteiger partial charge is 0.251 e. The molecule has 19 heavy (non-hydrogen) atoms.